The zero-order valence-corrected chi connectivity index (χ0v) is 24.2. The highest BCUT2D eigenvalue weighted by atomic mass is 19.1. The lowest BCUT2D eigenvalue weighted by Crippen LogP contribution is -2.70. The molecule has 0 aromatic heterocycles. The molecule has 3 atom stereocenters. The third-order valence-corrected chi connectivity index (χ3v) is 7.05. The van der Waals surface area contributed by atoms with E-state index in [-0.39, 0.29) is 35.6 Å². The average Bonchev–Trinajstić information content (AvgIpc) is 2.98. The van der Waals surface area contributed by atoms with Gasteiger partial charge in [-0.05, 0) is 67.3 Å². The van der Waals surface area contributed by atoms with Crippen molar-refractivity contribution in [3.05, 3.63) is 101 Å². The Morgan fingerprint density at radius 3 is 2.15 bits per heavy atom. The lowest BCUT2D eigenvalue weighted by atomic mass is 9.92. The summed E-state index contributed by atoms with van der Waals surface area (Å²) in [5.74, 6) is -1.36. The van der Waals surface area contributed by atoms with Crippen molar-refractivity contribution in [2.75, 3.05) is 18.4 Å². The van der Waals surface area contributed by atoms with E-state index in [9.17, 15) is 18.8 Å². The van der Waals surface area contributed by atoms with E-state index in [1.54, 1.807) is 24.3 Å². The molecule has 0 radical (unpaired) electrons. The molecule has 0 saturated heterocycles. The second-order valence-electron chi connectivity index (χ2n) is 10.5. The number of anilines is 1. The molecule has 3 rings (SSSR count). The molecule has 3 aromatic rings. The zero-order valence-electron chi connectivity index (χ0n) is 24.2. The Hall–Kier alpha value is -4.04. The van der Waals surface area contributed by atoms with Gasteiger partial charge < -0.3 is 21.3 Å². The minimum Gasteiger partial charge on any atom is -0.353 e. The molecule has 5 N–H and O–H groups in total. The van der Waals surface area contributed by atoms with Gasteiger partial charge >= 0.3 is 0 Å². The van der Waals surface area contributed by atoms with Crippen molar-refractivity contribution >= 4 is 23.4 Å². The van der Waals surface area contributed by atoms with E-state index in [2.05, 4.69) is 16.4 Å². The van der Waals surface area contributed by atoms with E-state index in [1.165, 1.54) is 24.3 Å². The van der Waals surface area contributed by atoms with Crippen molar-refractivity contribution in [1.82, 2.24) is 10.2 Å². The van der Waals surface area contributed by atoms with E-state index in [0.29, 0.717) is 42.7 Å². The maximum atomic E-state index is 13.5. The van der Waals surface area contributed by atoms with E-state index in [0.717, 1.165) is 18.4 Å². The van der Waals surface area contributed by atoms with Crippen LogP contribution in [0.2, 0.25) is 0 Å². The molecule has 0 saturated carbocycles. The Morgan fingerprint density at radius 2 is 1.51 bits per heavy atom. The fraction of sp³-hybridized carbons (Fsp3) is 0.364. The summed E-state index contributed by atoms with van der Waals surface area (Å²) in [4.78, 5) is 41.3. The molecule has 0 aliphatic heterocycles. The second-order valence-corrected chi connectivity index (χ2v) is 10.5. The van der Waals surface area contributed by atoms with Crippen LogP contribution in [0.5, 0.6) is 0 Å². The van der Waals surface area contributed by atoms with Crippen molar-refractivity contribution in [3.8, 4) is 0 Å². The summed E-state index contributed by atoms with van der Waals surface area (Å²) in [5, 5.41) is 5.94. The van der Waals surface area contributed by atoms with Crippen LogP contribution in [-0.2, 0) is 11.2 Å². The zero-order chi connectivity index (χ0) is 29.8. The number of nitrogens with one attached hydrogen (secondary N) is 2. The summed E-state index contributed by atoms with van der Waals surface area (Å²) in [6.07, 6.45) is 2.68. The maximum absolute atomic E-state index is 13.5. The van der Waals surface area contributed by atoms with Gasteiger partial charge in [0.2, 0.25) is 5.91 Å². The van der Waals surface area contributed by atoms with Gasteiger partial charge in [0, 0.05) is 42.2 Å². The van der Waals surface area contributed by atoms with E-state index < -0.39 is 5.92 Å². The number of halogens is 1. The summed E-state index contributed by atoms with van der Waals surface area (Å²) < 4.78 is 13.2. The summed E-state index contributed by atoms with van der Waals surface area (Å²) in [5.41, 5.74) is 6.76. The monoisotopic (exact) mass is 561 g/mol. The Balaban J connectivity index is 1.74. The minimum atomic E-state index is -0.401. The van der Waals surface area contributed by atoms with E-state index >= 15 is 0 Å². The smallest absolute Gasteiger partial charge is 0.253 e. The minimum absolute atomic E-state index is 0.0831. The molecule has 0 aliphatic carbocycles. The molecule has 0 bridgehead atoms. The molecular weight excluding hydrogens is 519 g/mol. The van der Waals surface area contributed by atoms with Crippen LogP contribution in [0.1, 0.15) is 66.3 Å². The number of hydrogen-bond donors (Lipinski definition) is 3. The van der Waals surface area contributed by atoms with Crippen molar-refractivity contribution in [2.45, 2.75) is 58.5 Å². The third-order valence-electron chi connectivity index (χ3n) is 7.05. The first-order chi connectivity index (χ1) is 19.7. The van der Waals surface area contributed by atoms with Crippen LogP contribution in [0.15, 0.2) is 78.9 Å². The Labute approximate surface area is 242 Å². The molecule has 0 spiro atoms. The molecule has 218 valence electrons. The van der Waals surface area contributed by atoms with Crippen LogP contribution in [0.25, 0.3) is 0 Å². The normalized spacial score (nSPS) is 13.1. The quantitative estimate of drug-likeness (QED) is 0.266. The molecule has 41 heavy (non-hydrogen) atoms. The number of nitrogens with zero attached hydrogens (tertiary/aromatic N) is 1. The fourth-order valence-electron chi connectivity index (χ4n) is 4.81. The SMILES string of the molecule is CCCN(CCC)C(=O)c1cccc(C(=O)NC(Cc2ccccc2)C([NH3+])CC(C)C(=O)Nc2ccc(F)cc2)c1. The molecular formula is C33H42FN4O3+. The largest absolute Gasteiger partial charge is 0.353 e. The van der Waals surface area contributed by atoms with Crippen molar-refractivity contribution < 1.29 is 24.5 Å². The summed E-state index contributed by atoms with van der Waals surface area (Å²) in [6.45, 7) is 7.22. The molecule has 8 heteroatoms. The van der Waals surface area contributed by atoms with Gasteiger partial charge in [0.1, 0.15) is 11.9 Å². The Bertz CT molecular complexity index is 1280. The summed E-state index contributed by atoms with van der Waals surface area (Å²) in [6, 6.07) is 21.6. The fourth-order valence-corrected chi connectivity index (χ4v) is 4.81. The highest BCUT2D eigenvalue weighted by Crippen LogP contribution is 2.16. The van der Waals surface area contributed by atoms with Gasteiger partial charge in [0.25, 0.3) is 11.8 Å². The maximum Gasteiger partial charge on any atom is 0.253 e. The van der Waals surface area contributed by atoms with Crippen molar-refractivity contribution in [1.29, 1.82) is 0 Å². The number of hydrogen-bond acceptors (Lipinski definition) is 3. The Kier molecular flexibility index (Phi) is 12.0. The average molecular weight is 562 g/mol. The molecule has 3 aromatic carbocycles. The predicted molar refractivity (Wildman–Crippen MR) is 160 cm³/mol. The van der Waals surface area contributed by atoms with Crippen molar-refractivity contribution in [3.63, 3.8) is 0 Å². The van der Waals surface area contributed by atoms with Gasteiger partial charge in [-0.25, -0.2) is 4.39 Å². The topological polar surface area (TPSA) is 106 Å². The Morgan fingerprint density at radius 1 is 0.878 bits per heavy atom. The first-order valence-electron chi connectivity index (χ1n) is 14.3. The summed E-state index contributed by atoms with van der Waals surface area (Å²) in [7, 11) is 0. The van der Waals surface area contributed by atoms with Crippen LogP contribution in [0.3, 0.4) is 0 Å². The standard InChI is InChI=1S/C33H41FN4O3/c1-4-18-38(19-5-2)33(41)26-13-9-12-25(22-26)32(40)37-30(21-24-10-7-6-8-11-24)29(35)20-23(3)31(39)36-28-16-14-27(34)15-17-28/h6-17,22-23,29-30H,4-5,18-21,35H2,1-3H3,(H,36,39)(H,37,40)/p+1. The number of rotatable bonds is 14. The van der Waals surface area contributed by atoms with Gasteiger partial charge in [-0.15, -0.1) is 0 Å². The van der Waals surface area contributed by atoms with Crippen LogP contribution in [-0.4, -0.2) is 47.8 Å². The molecule has 3 amide bonds. The first-order valence-corrected chi connectivity index (χ1v) is 14.3. The molecule has 0 aliphatic rings. The van der Waals surface area contributed by atoms with Crippen molar-refractivity contribution in [2.24, 2.45) is 5.92 Å². The van der Waals surface area contributed by atoms with Crippen LogP contribution in [0.4, 0.5) is 10.1 Å². The van der Waals surface area contributed by atoms with Crippen LogP contribution < -0.4 is 16.4 Å². The highest BCUT2D eigenvalue weighted by molar-refractivity contribution is 5.99. The summed E-state index contributed by atoms with van der Waals surface area (Å²) >= 11 is 0. The molecule has 0 heterocycles. The number of quaternary nitrogens is 1. The predicted octanol–water partition coefficient (Wildman–Crippen LogP) is 4.70. The van der Waals surface area contributed by atoms with E-state index in [1.807, 2.05) is 56.0 Å². The lowest BCUT2D eigenvalue weighted by molar-refractivity contribution is -0.428. The van der Waals surface area contributed by atoms with E-state index in [4.69, 9.17) is 0 Å². The van der Waals surface area contributed by atoms with Gasteiger partial charge in [-0.1, -0.05) is 57.2 Å². The van der Waals surface area contributed by atoms with Crippen LogP contribution in [0, 0.1) is 11.7 Å². The van der Waals surface area contributed by atoms with Gasteiger partial charge in [0.05, 0.1) is 6.04 Å². The number of benzene rings is 3. The molecule has 0 fully saturated rings. The highest BCUT2D eigenvalue weighted by Gasteiger charge is 2.28. The molecule has 7 nitrogen and oxygen atoms in total. The third kappa shape index (κ3) is 9.53. The van der Waals surface area contributed by atoms with Crippen LogP contribution >= 0.6 is 0 Å². The number of carbonyl (C=O) groups excluding carboxylic acids is 3. The number of carbonyl (C=O) groups is 3. The lowest BCUT2D eigenvalue weighted by Gasteiger charge is -2.25. The number of amides is 3. The first kappa shape index (κ1) is 31.5. The second kappa shape index (κ2) is 15.7. The molecule has 3 unspecified atom stereocenters. The van der Waals surface area contributed by atoms with Gasteiger partial charge in [-0.3, -0.25) is 14.4 Å². The van der Waals surface area contributed by atoms with Gasteiger partial charge in [0.15, 0.2) is 0 Å². The van der Waals surface area contributed by atoms with Gasteiger partial charge in [-0.2, -0.15) is 0 Å².